The number of rotatable bonds is 7. The Hall–Kier alpha value is -3.85. The normalized spacial score (nSPS) is 16.1. The van der Waals surface area contributed by atoms with Gasteiger partial charge in [-0.15, -0.1) is 0 Å². The van der Waals surface area contributed by atoms with Crippen LogP contribution in [0, 0.1) is 17.3 Å². The molecule has 1 aliphatic heterocycles. The third-order valence-corrected chi connectivity index (χ3v) is 6.38. The van der Waals surface area contributed by atoms with Crippen LogP contribution in [0.1, 0.15) is 54.7 Å². The molecule has 0 spiro atoms. The van der Waals surface area contributed by atoms with Crippen LogP contribution in [0.5, 0.6) is 0 Å². The molecule has 1 saturated heterocycles. The van der Waals surface area contributed by atoms with Crippen molar-refractivity contribution in [1.82, 2.24) is 15.7 Å². The quantitative estimate of drug-likeness (QED) is 0.346. The Bertz CT molecular complexity index is 1270. The monoisotopic (exact) mass is 571 g/mol. The number of nitrogens with zero attached hydrogens (tertiary/aromatic N) is 1. The molecule has 0 aliphatic carbocycles. The maximum Gasteiger partial charge on any atom is 0.337 e. The second-order valence-electron chi connectivity index (χ2n) is 11.0. The van der Waals surface area contributed by atoms with Gasteiger partial charge in [0.15, 0.2) is 5.60 Å². The van der Waals surface area contributed by atoms with Gasteiger partial charge in [0.05, 0.1) is 18.6 Å². The van der Waals surface area contributed by atoms with Crippen molar-refractivity contribution in [2.45, 2.75) is 52.3 Å². The number of aliphatic hydroxyl groups is 1. The molecule has 0 saturated carbocycles. The third-order valence-electron chi connectivity index (χ3n) is 6.38. The number of benzene rings is 2. The van der Waals surface area contributed by atoms with Crippen molar-refractivity contribution in [3.63, 3.8) is 0 Å². The molecule has 2 amide bonds. The summed E-state index contributed by atoms with van der Waals surface area (Å²) >= 11 is 0. The fourth-order valence-corrected chi connectivity index (χ4v) is 3.69. The maximum atomic E-state index is 13.6. The zero-order valence-corrected chi connectivity index (χ0v) is 23.5. The van der Waals surface area contributed by atoms with Gasteiger partial charge in [-0.3, -0.25) is 14.5 Å². The largest absolute Gasteiger partial charge is 0.381 e. The summed E-state index contributed by atoms with van der Waals surface area (Å²) in [5, 5.41) is 12.4. The van der Waals surface area contributed by atoms with Gasteiger partial charge in [0.25, 0.3) is 18.2 Å². The Kier molecular flexibility index (Phi) is 10.6. The number of alkyl halides is 2. The molecule has 41 heavy (non-hydrogen) atoms. The number of carbonyl (C=O) groups is 3. The van der Waals surface area contributed by atoms with Crippen LogP contribution < -0.4 is 10.8 Å². The lowest BCUT2D eigenvalue weighted by atomic mass is 9.95. The van der Waals surface area contributed by atoms with Gasteiger partial charge in [0.2, 0.25) is 0 Å². The van der Waals surface area contributed by atoms with Crippen molar-refractivity contribution in [1.29, 1.82) is 0 Å². The number of hydrogen-bond acceptors (Lipinski definition) is 7. The molecule has 1 fully saturated rings. The average Bonchev–Trinajstić information content (AvgIpc) is 2.94. The van der Waals surface area contributed by atoms with Crippen LogP contribution in [-0.4, -0.2) is 72.2 Å². The Morgan fingerprint density at radius 1 is 0.976 bits per heavy atom. The minimum atomic E-state index is -3.40. The fourth-order valence-electron chi connectivity index (χ4n) is 3.69. The lowest BCUT2D eigenvalue weighted by Crippen LogP contribution is -2.62. The molecule has 0 aromatic heterocycles. The van der Waals surface area contributed by atoms with Crippen LogP contribution >= 0.6 is 0 Å². The van der Waals surface area contributed by atoms with E-state index >= 15 is 0 Å². The predicted octanol–water partition coefficient (Wildman–Crippen LogP) is 2.65. The van der Waals surface area contributed by atoms with Gasteiger partial charge in [-0.1, -0.05) is 24.0 Å². The number of hydrogen-bond donors (Lipinski definition) is 3. The molecular weight excluding hydrogens is 536 g/mol. The van der Waals surface area contributed by atoms with E-state index < -0.39 is 41.3 Å². The van der Waals surface area contributed by atoms with Crippen LogP contribution in [0.3, 0.4) is 0 Å². The second kappa shape index (κ2) is 13.7. The van der Waals surface area contributed by atoms with E-state index in [2.05, 4.69) is 26.9 Å². The number of halogens is 2. The van der Waals surface area contributed by atoms with Crippen LogP contribution in [0.25, 0.3) is 0 Å². The van der Waals surface area contributed by atoms with Crippen LogP contribution in [-0.2, 0) is 25.7 Å². The van der Waals surface area contributed by atoms with Gasteiger partial charge >= 0.3 is 5.97 Å². The Morgan fingerprint density at radius 2 is 1.51 bits per heavy atom. The van der Waals surface area contributed by atoms with E-state index in [0.717, 1.165) is 38.4 Å². The molecule has 3 rings (SSSR count). The number of carbonyl (C=O) groups excluding carboxylic acids is 3. The highest BCUT2D eigenvalue weighted by Gasteiger charge is 2.46. The van der Waals surface area contributed by atoms with E-state index in [0.29, 0.717) is 12.5 Å². The molecular formula is C30H35F2N3O6. The first-order valence-electron chi connectivity index (χ1n) is 13.1. The van der Waals surface area contributed by atoms with Crippen molar-refractivity contribution < 1.29 is 37.8 Å². The molecule has 2 aromatic rings. The highest BCUT2D eigenvalue weighted by molar-refractivity contribution is 5.98. The molecule has 0 unspecified atom stereocenters. The lowest BCUT2D eigenvalue weighted by molar-refractivity contribution is -0.171. The summed E-state index contributed by atoms with van der Waals surface area (Å²) in [7, 11) is 0. The van der Waals surface area contributed by atoms with Gasteiger partial charge < -0.3 is 20.0 Å². The van der Waals surface area contributed by atoms with Crippen LogP contribution in [0.2, 0.25) is 0 Å². The van der Waals surface area contributed by atoms with Crippen LogP contribution in [0.15, 0.2) is 48.5 Å². The zero-order valence-electron chi connectivity index (χ0n) is 23.5. The van der Waals surface area contributed by atoms with Crippen LogP contribution in [0.4, 0.5) is 8.78 Å². The fraction of sp³-hybridized carbons (Fsp3) is 0.433. The van der Waals surface area contributed by atoms with Crippen molar-refractivity contribution in [2.24, 2.45) is 5.41 Å². The summed E-state index contributed by atoms with van der Waals surface area (Å²) in [6.45, 7) is 9.40. The number of nitrogens with one attached hydrogen (secondary N) is 2. The van der Waals surface area contributed by atoms with Crippen molar-refractivity contribution in [2.75, 3.05) is 26.3 Å². The Labute approximate surface area is 238 Å². The highest BCUT2D eigenvalue weighted by atomic mass is 19.3. The molecule has 0 radical (unpaired) electrons. The number of ether oxygens (including phenoxy) is 1. The van der Waals surface area contributed by atoms with Crippen molar-refractivity contribution in [3.8, 4) is 11.8 Å². The first kappa shape index (κ1) is 31.7. The van der Waals surface area contributed by atoms with E-state index in [1.165, 1.54) is 38.5 Å². The summed E-state index contributed by atoms with van der Waals surface area (Å²) in [6, 6.07) is 11.8. The molecule has 1 heterocycles. The zero-order chi connectivity index (χ0) is 30.2. The van der Waals surface area contributed by atoms with E-state index in [4.69, 9.17) is 4.74 Å². The molecule has 3 N–H and O–H groups in total. The second-order valence-corrected chi connectivity index (χ2v) is 11.0. The minimum absolute atomic E-state index is 0.0394. The molecule has 2 atom stereocenters. The SMILES string of the molecule is CC(C)(C)C(=O)ONC(=O)[C@@H](NC(=O)c1ccc(C#Cc2ccc(CN3CCOCC3)cc2)cc1)[C@](C)(O)C(F)F. The molecule has 0 bridgehead atoms. The smallest absolute Gasteiger partial charge is 0.337 e. The predicted molar refractivity (Wildman–Crippen MR) is 147 cm³/mol. The first-order chi connectivity index (χ1) is 19.3. The van der Waals surface area contributed by atoms with E-state index in [9.17, 15) is 28.3 Å². The van der Waals surface area contributed by atoms with E-state index in [-0.39, 0.29) is 5.56 Å². The first-order valence-corrected chi connectivity index (χ1v) is 13.1. The summed E-state index contributed by atoms with van der Waals surface area (Å²) in [6.07, 6.45) is -3.40. The van der Waals surface area contributed by atoms with Gasteiger partial charge in [-0.05, 0) is 69.7 Å². The molecule has 220 valence electrons. The Balaban J connectivity index is 1.64. The van der Waals surface area contributed by atoms with Crippen molar-refractivity contribution >= 4 is 17.8 Å². The number of amides is 2. The average molecular weight is 572 g/mol. The number of hydroxylamine groups is 1. The third kappa shape index (κ3) is 9.08. The highest BCUT2D eigenvalue weighted by Crippen LogP contribution is 2.21. The number of morpholine rings is 1. The summed E-state index contributed by atoms with van der Waals surface area (Å²) in [5.41, 5.74) is 0.427. The van der Waals surface area contributed by atoms with Gasteiger partial charge in [0.1, 0.15) is 6.04 Å². The maximum absolute atomic E-state index is 13.6. The summed E-state index contributed by atoms with van der Waals surface area (Å²) in [5.74, 6) is 3.01. The summed E-state index contributed by atoms with van der Waals surface area (Å²) < 4.78 is 32.5. The lowest BCUT2D eigenvalue weighted by Gasteiger charge is -2.31. The topological polar surface area (TPSA) is 117 Å². The van der Waals surface area contributed by atoms with Gasteiger partial charge in [-0.2, -0.15) is 5.48 Å². The minimum Gasteiger partial charge on any atom is -0.381 e. The van der Waals surface area contributed by atoms with Gasteiger partial charge in [0, 0.05) is 36.3 Å². The van der Waals surface area contributed by atoms with E-state index in [1.807, 2.05) is 24.3 Å². The van der Waals surface area contributed by atoms with E-state index in [1.54, 1.807) is 17.6 Å². The van der Waals surface area contributed by atoms with Crippen molar-refractivity contribution in [3.05, 3.63) is 70.8 Å². The Morgan fingerprint density at radius 3 is 2.02 bits per heavy atom. The standard InChI is InChI=1S/C30H35F2N3O6/c1-29(2,3)28(38)41-34-26(37)24(30(4,39)27(31)32)33-25(36)23-13-11-21(12-14-23)6-5-20-7-9-22(10-8-20)19-35-15-17-40-18-16-35/h7-14,24,27,39H,15-19H2,1-4H3,(H,33,36)(H,34,37)/t24-,30+/m1/s1. The van der Waals surface area contributed by atoms with Gasteiger partial charge in [-0.25, -0.2) is 13.6 Å². The molecule has 11 heteroatoms. The molecule has 1 aliphatic rings. The molecule has 2 aromatic carbocycles. The summed E-state index contributed by atoms with van der Waals surface area (Å²) in [4.78, 5) is 44.3. The molecule has 9 nitrogen and oxygen atoms in total.